The molecule has 55 heavy (non-hydrogen) atoms. The fourth-order valence-corrected chi connectivity index (χ4v) is 6.74. The summed E-state index contributed by atoms with van der Waals surface area (Å²) in [6.45, 7) is 10.3. The Morgan fingerprint density at radius 2 is 1.60 bits per heavy atom. The van der Waals surface area contributed by atoms with Crippen molar-refractivity contribution in [3.05, 3.63) is 65.9 Å². The average Bonchev–Trinajstić information content (AvgIpc) is 3.86. The van der Waals surface area contributed by atoms with E-state index in [1.807, 2.05) is 52.0 Å². The predicted octanol–water partition coefficient (Wildman–Crippen LogP) is 6.02. The van der Waals surface area contributed by atoms with Gasteiger partial charge in [-0.05, 0) is 80.0 Å². The molecule has 0 saturated carbocycles. The van der Waals surface area contributed by atoms with Crippen LogP contribution in [0.4, 0.5) is 9.59 Å². The Kier molecular flexibility index (Phi) is 11.6. The molecule has 1 aliphatic heterocycles. The Morgan fingerprint density at radius 1 is 0.873 bits per heavy atom. The Labute approximate surface area is 319 Å². The van der Waals surface area contributed by atoms with Crippen LogP contribution < -0.4 is 15.4 Å². The van der Waals surface area contributed by atoms with Crippen molar-refractivity contribution in [1.29, 1.82) is 0 Å². The first-order chi connectivity index (χ1) is 26.4. The number of methoxy groups -OCH3 is 2. The standard InChI is InChI=1S/C40H48N8O7/c1-8-22(3)47(36(49)18-42-39(51)53-6)20-35-44-31-13-11-25-15-30-28-12-10-26(14-27(28)21-55-33(30)16-29(25)37(31)46-35)32-17-41-34(45-32)19-48(23(4)9-2)38(50)24(5)43-40(52)54-7/h10-17,22-24H,8-9,18-21H2,1-7H3,(H,41,45)(H,42,51)(H,43,52)(H,44,46)/t22-,23-,24-/m0/s1. The van der Waals surface area contributed by atoms with Crippen LogP contribution in [-0.2, 0) is 38.8 Å². The van der Waals surface area contributed by atoms with E-state index in [-0.39, 0.29) is 43.5 Å². The van der Waals surface area contributed by atoms with Crippen molar-refractivity contribution >= 4 is 45.8 Å². The molecule has 0 unspecified atom stereocenters. The molecule has 4 N–H and O–H groups in total. The summed E-state index contributed by atoms with van der Waals surface area (Å²) in [4.78, 5) is 69.4. The van der Waals surface area contributed by atoms with Gasteiger partial charge in [0, 0.05) is 23.0 Å². The Hall–Kier alpha value is -6.12. The minimum absolute atomic E-state index is 0.0732. The quantitative estimate of drug-likeness (QED) is 0.112. The number of benzene rings is 3. The number of rotatable bonds is 13. The zero-order chi connectivity index (χ0) is 39.4. The lowest BCUT2D eigenvalue weighted by Gasteiger charge is -2.30. The summed E-state index contributed by atoms with van der Waals surface area (Å²) in [5.74, 6) is 1.56. The van der Waals surface area contributed by atoms with E-state index in [1.165, 1.54) is 14.2 Å². The van der Waals surface area contributed by atoms with Gasteiger partial charge in [0.1, 0.15) is 36.6 Å². The van der Waals surface area contributed by atoms with Crippen LogP contribution in [-0.4, -0.2) is 92.6 Å². The number of aromatic amines is 2. The molecular weight excluding hydrogens is 704 g/mol. The number of alkyl carbamates (subject to hydrolysis) is 2. The fraction of sp³-hybridized carbons (Fsp3) is 0.400. The Balaban J connectivity index is 1.22. The molecule has 0 bridgehead atoms. The number of fused-ring (bicyclic) bond motifs is 6. The summed E-state index contributed by atoms with van der Waals surface area (Å²) in [6.07, 6.45) is 1.91. The molecule has 290 valence electrons. The summed E-state index contributed by atoms with van der Waals surface area (Å²) < 4.78 is 15.6. The molecular formula is C40H48N8O7. The lowest BCUT2D eigenvalue weighted by atomic mass is 9.92. The van der Waals surface area contributed by atoms with E-state index in [2.05, 4.69) is 53.3 Å². The third kappa shape index (κ3) is 8.20. The van der Waals surface area contributed by atoms with Gasteiger partial charge >= 0.3 is 12.2 Å². The van der Waals surface area contributed by atoms with Crippen LogP contribution in [0.2, 0.25) is 0 Å². The second kappa shape index (κ2) is 16.5. The maximum absolute atomic E-state index is 13.3. The van der Waals surface area contributed by atoms with Crippen LogP contribution >= 0.6 is 0 Å². The smallest absolute Gasteiger partial charge is 0.407 e. The number of nitrogens with zero attached hydrogens (tertiary/aromatic N) is 4. The second-order valence-electron chi connectivity index (χ2n) is 13.8. The number of aromatic nitrogens is 4. The van der Waals surface area contributed by atoms with Gasteiger partial charge in [0.25, 0.3) is 0 Å². The largest absolute Gasteiger partial charge is 0.488 e. The molecule has 15 nitrogen and oxygen atoms in total. The molecule has 0 radical (unpaired) electrons. The van der Waals surface area contributed by atoms with E-state index < -0.39 is 18.2 Å². The highest BCUT2D eigenvalue weighted by Crippen LogP contribution is 2.42. The second-order valence-corrected chi connectivity index (χ2v) is 13.8. The van der Waals surface area contributed by atoms with Crippen LogP contribution in [0.5, 0.6) is 5.75 Å². The van der Waals surface area contributed by atoms with Crippen molar-refractivity contribution in [2.45, 2.75) is 85.3 Å². The van der Waals surface area contributed by atoms with Crippen molar-refractivity contribution in [3.63, 3.8) is 0 Å². The van der Waals surface area contributed by atoms with Gasteiger partial charge in [-0.25, -0.2) is 19.6 Å². The molecule has 0 saturated heterocycles. The van der Waals surface area contributed by atoms with Gasteiger partial charge in [0.05, 0.1) is 50.2 Å². The van der Waals surface area contributed by atoms with Crippen molar-refractivity contribution < 1.29 is 33.4 Å². The monoisotopic (exact) mass is 752 g/mol. The van der Waals surface area contributed by atoms with Gasteiger partial charge in [-0.2, -0.15) is 0 Å². The van der Waals surface area contributed by atoms with Gasteiger partial charge in [-0.15, -0.1) is 0 Å². The SMILES string of the molecule is CC[C@H](C)N(Cc1nc2c(ccc3cc4c(cc32)OCc2cc(-c3cnc(CN(C(=O)[C@H](C)NC(=O)OC)[C@@H](C)CC)[nH]3)ccc2-4)[nH]1)C(=O)CNC(=O)OC. The summed E-state index contributed by atoms with van der Waals surface area (Å²) >= 11 is 0. The normalized spacial score (nSPS) is 13.5. The van der Waals surface area contributed by atoms with Gasteiger partial charge in [0.15, 0.2) is 0 Å². The van der Waals surface area contributed by atoms with E-state index in [4.69, 9.17) is 9.72 Å². The molecule has 2 aromatic heterocycles. The first-order valence-corrected chi connectivity index (χ1v) is 18.5. The van der Waals surface area contributed by atoms with Crippen molar-refractivity contribution in [1.82, 2.24) is 40.4 Å². The molecule has 6 rings (SSSR count). The van der Waals surface area contributed by atoms with Gasteiger partial charge in [0.2, 0.25) is 11.8 Å². The lowest BCUT2D eigenvalue weighted by molar-refractivity contribution is -0.136. The zero-order valence-corrected chi connectivity index (χ0v) is 32.2. The number of nitrogens with one attached hydrogen (secondary N) is 4. The number of hydrogen-bond donors (Lipinski definition) is 4. The average molecular weight is 753 g/mol. The zero-order valence-electron chi connectivity index (χ0n) is 32.2. The number of carbonyl (C=O) groups excluding carboxylic acids is 4. The van der Waals surface area contributed by atoms with E-state index in [0.717, 1.165) is 68.3 Å². The van der Waals surface area contributed by atoms with E-state index >= 15 is 0 Å². The lowest BCUT2D eigenvalue weighted by Crippen LogP contribution is -2.49. The third-order valence-corrected chi connectivity index (χ3v) is 10.3. The van der Waals surface area contributed by atoms with Crippen molar-refractivity contribution in [2.75, 3.05) is 20.8 Å². The number of amides is 4. The van der Waals surface area contributed by atoms with Crippen LogP contribution in [0.25, 0.3) is 44.2 Å². The van der Waals surface area contributed by atoms with E-state index in [1.54, 1.807) is 22.9 Å². The molecule has 3 atom stereocenters. The van der Waals surface area contributed by atoms with Crippen molar-refractivity contribution in [3.8, 4) is 28.1 Å². The van der Waals surface area contributed by atoms with Crippen LogP contribution in [0.15, 0.2) is 48.7 Å². The van der Waals surface area contributed by atoms with E-state index in [0.29, 0.717) is 18.3 Å². The summed E-state index contributed by atoms with van der Waals surface area (Å²) in [5.41, 5.74) is 6.44. The van der Waals surface area contributed by atoms with Gasteiger partial charge < -0.3 is 44.6 Å². The van der Waals surface area contributed by atoms with Gasteiger partial charge in [-0.1, -0.05) is 32.0 Å². The molecule has 0 spiro atoms. The number of carbonyl (C=O) groups is 4. The molecule has 0 aliphatic carbocycles. The molecule has 3 heterocycles. The maximum Gasteiger partial charge on any atom is 0.407 e. The number of hydrogen-bond acceptors (Lipinski definition) is 9. The third-order valence-electron chi connectivity index (χ3n) is 10.3. The number of H-pyrrole nitrogens is 2. The Morgan fingerprint density at radius 3 is 2.33 bits per heavy atom. The molecule has 3 aromatic carbocycles. The number of ether oxygens (including phenoxy) is 3. The molecule has 15 heteroatoms. The highest BCUT2D eigenvalue weighted by atomic mass is 16.5. The Bertz CT molecular complexity index is 2230. The predicted molar refractivity (Wildman–Crippen MR) is 207 cm³/mol. The molecule has 4 amide bonds. The highest BCUT2D eigenvalue weighted by molar-refractivity contribution is 6.07. The van der Waals surface area contributed by atoms with E-state index in [9.17, 15) is 19.2 Å². The molecule has 0 fully saturated rings. The van der Waals surface area contributed by atoms with Crippen LogP contribution in [0.3, 0.4) is 0 Å². The molecule has 5 aromatic rings. The van der Waals surface area contributed by atoms with Crippen LogP contribution in [0, 0.1) is 0 Å². The maximum atomic E-state index is 13.3. The molecule has 1 aliphatic rings. The van der Waals surface area contributed by atoms with Crippen LogP contribution in [0.1, 0.15) is 64.7 Å². The summed E-state index contributed by atoms with van der Waals surface area (Å²) in [6, 6.07) is 13.5. The summed E-state index contributed by atoms with van der Waals surface area (Å²) in [5, 5.41) is 6.96. The fourth-order valence-electron chi connectivity index (χ4n) is 6.74. The minimum atomic E-state index is -0.758. The topological polar surface area (TPSA) is 184 Å². The highest BCUT2D eigenvalue weighted by Gasteiger charge is 2.27. The van der Waals surface area contributed by atoms with Gasteiger partial charge in [-0.3, -0.25) is 9.59 Å². The first-order valence-electron chi connectivity index (χ1n) is 18.5. The van der Waals surface area contributed by atoms with Crippen molar-refractivity contribution in [2.24, 2.45) is 0 Å². The first kappa shape index (κ1) is 38.6. The minimum Gasteiger partial charge on any atom is -0.488 e. The summed E-state index contributed by atoms with van der Waals surface area (Å²) in [7, 11) is 2.52. The number of imidazole rings is 2.